The molecule has 0 heterocycles. The van der Waals surface area contributed by atoms with E-state index in [-0.39, 0.29) is 18.6 Å². The molecule has 0 bridgehead atoms. The smallest absolute Gasteiger partial charge is 0.251 e. The standard InChI is InChI=1S/C18H21NO2S/c1-14(11-12-20)19-18(21)16-7-9-17(10-8-16)22-13-15-5-3-2-4-6-15/h2-10,14,20H,11-13H2,1H3,(H,19,21). The predicted octanol–water partition coefficient (Wildman–Crippen LogP) is 3.48. The Morgan fingerprint density at radius 1 is 1.14 bits per heavy atom. The molecule has 0 saturated carbocycles. The van der Waals surface area contributed by atoms with E-state index in [2.05, 4.69) is 17.4 Å². The molecule has 2 N–H and O–H groups in total. The molecule has 0 aliphatic rings. The van der Waals surface area contributed by atoms with Crippen LogP contribution in [0.5, 0.6) is 0 Å². The summed E-state index contributed by atoms with van der Waals surface area (Å²) < 4.78 is 0. The van der Waals surface area contributed by atoms with Crippen molar-refractivity contribution in [1.29, 1.82) is 0 Å². The Hall–Kier alpha value is -1.78. The van der Waals surface area contributed by atoms with Gasteiger partial charge in [-0.3, -0.25) is 4.79 Å². The van der Waals surface area contributed by atoms with Crippen LogP contribution in [0, 0.1) is 0 Å². The number of aliphatic hydroxyl groups excluding tert-OH is 1. The van der Waals surface area contributed by atoms with Gasteiger partial charge in [-0.1, -0.05) is 30.3 Å². The molecular weight excluding hydrogens is 294 g/mol. The van der Waals surface area contributed by atoms with Gasteiger partial charge < -0.3 is 10.4 Å². The second-order valence-electron chi connectivity index (χ2n) is 5.19. The molecule has 0 radical (unpaired) electrons. The van der Waals surface area contributed by atoms with Crippen LogP contribution in [0.1, 0.15) is 29.3 Å². The fraction of sp³-hybridized carbons (Fsp3) is 0.278. The number of carbonyl (C=O) groups is 1. The maximum absolute atomic E-state index is 12.0. The highest BCUT2D eigenvalue weighted by atomic mass is 32.2. The largest absolute Gasteiger partial charge is 0.396 e. The van der Waals surface area contributed by atoms with Gasteiger partial charge in [0.15, 0.2) is 0 Å². The van der Waals surface area contributed by atoms with Crippen molar-refractivity contribution in [2.45, 2.75) is 30.0 Å². The summed E-state index contributed by atoms with van der Waals surface area (Å²) in [6, 6.07) is 17.9. The number of aliphatic hydroxyl groups is 1. The molecule has 1 amide bonds. The third-order valence-corrected chi connectivity index (χ3v) is 4.39. The van der Waals surface area contributed by atoms with Crippen molar-refractivity contribution in [3.8, 4) is 0 Å². The number of hydrogen-bond acceptors (Lipinski definition) is 3. The number of nitrogens with one attached hydrogen (secondary N) is 1. The number of carbonyl (C=O) groups excluding carboxylic acids is 1. The zero-order valence-electron chi connectivity index (χ0n) is 12.7. The Bertz CT molecular complexity index is 584. The fourth-order valence-corrected chi connectivity index (χ4v) is 2.87. The average molecular weight is 315 g/mol. The van der Waals surface area contributed by atoms with Gasteiger partial charge in [0.25, 0.3) is 5.91 Å². The van der Waals surface area contributed by atoms with Crippen molar-refractivity contribution >= 4 is 17.7 Å². The molecule has 2 aromatic rings. The minimum Gasteiger partial charge on any atom is -0.396 e. The summed E-state index contributed by atoms with van der Waals surface area (Å²) in [5.41, 5.74) is 1.93. The van der Waals surface area contributed by atoms with Crippen molar-refractivity contribution in [2.24, 2.45) is 0 Å². The fourth-order valence-electron chi connectivity index (χ4n) is 2.02. The number of amides is 1. The van der Waals surface area contributed by atoms with Crippen LogP contribution in [0.15, 0.2) is 59.5 Å². The summed E-state index contributed by atoms with van der Waals surface area (Å²) >= 11 is 1.75. The van der Waals surface area contributed by atoms with E-state index in [0.29, 0.717) is 12.0 Å². The third kappa shape index (κ3) is 5.20. The van der Waals surface area contributed by atoms with E-state index in [1.807, 2.05) is 49.4 Å². The van der Waals surface area contributed by atoms with Crippen molar-refractivity contribution in [2.75, 3.05) is 6.61 Å². The number of rotatable bonds is 7. The summed E-state index contributed by atoms with van der Waals surface area (Å²) in [6.07, 6.45) is 0.566. The molecule has 0 saturated heterocycles. The number of benzene rings is 2. The van der Waals surface area contributed by atoms with E-state index in [0.717, 1.165) is 10.6 Å². The molecule has 2 rings (SSSR count). The molecule has 0 fully saturated rings. The summed E-state index contributed by atoms with van der Waals surface area (Å²) in [7, 11) is 0. The minimum absolute atomic E-state index is 0.0235. The Balaban J connectivity index is 1.88. The van der Waals surface area contributed by atoms with Gasteiger partial charge in [0.1, 0.15) is 0 Å². The first kappa shape index (κ1) is 16.6. The molecule has 22 heavy (non-hydrogen) atoms. The van der Waals surface area contributed by atoms with Gasteiger partial charge in [0.05, 0.1) is 0 Å². The molecule has 0 aliphatic carbocycles. The molecular formula is C18H21NO2S. The van der Waals surface area contributed by atoms with Gasteiger partial charge in [0.2, 0.25) is 0 Å². The van der Waals surface area contributed by atoms with E-state index in [4.69, 9.17) is 5.11 Å². The topological polar surface area (TPSA) is 49.3 Å². The van der Waals surface area contributed by atoms with Gasteiger partial charge in [-0.05, 0) is 43.2 Å². The minimum atomic E-state index is -0.0967. The monoisotopic (exact) mass is 315 g/mol. The zero-order valence-corrected chi connectivity index (χ0v) is 13.5. The van der Waals surface area contributed by atoms with E-state index < -0.39 is 0 Å². The van der Waals surface area contributed by atoms with Crippen molar-refractivity contribution in [1.82, 2.24) is 5.32 Å². The highest BCUT2D eigenvalue weighted by Crippen LogP contribution is 2.22. The first-order chi connectivity index (χ1) is 10.7. The van der Waals surface area contributed by atoms with Gasteiger partial charge in [-0.2, -0.15) is 0 Å². The highest BCUT2D eigenvalue weighted by molar-refractivity contribution is 7.98. The highest BCUT2D eigenvalue weighted by Gasteiger charge is 2.09. The summed E-state index contributed by atoms with van der Waals surface area (Å²) in [5.74, 6) is 0.820. The van der Waals surface area contributed by atoms with E-state index >= 15 is 0 Å². The lowest BCUT2D eigenvalue weighted by atomic mass is 10.2. The van der Waals surface area contributed by atoms with Gasteiger partial charge in [0, 0.05) is 28.9 Å². The Kier molecular flexibility index (Phi) is 6.49. The van der Waals surface area contributed by atoms with Crippen LogP contribution in [0.2, 0.25) is 0 Å². The molecule has 1 unspecified atom stereocenters. The average Bonchev–Trinajstić information content (AvgIpc) is 2.54. The number of hydrogen-bond donors (Lipinski definition) is 2. The normalized spacial score (nSPS) is 11.9. The lowest BCUT2D eigenvalue weighted by molar-refractivity contribution is 0.0934. The molecule has 0 spiro atoms. The molecule has 3 nitrogen and oxygen atoms in total. The van der Waals surface area contributed by atoms with Crippen LogP contribution in [0.4, 0.5) is 0 Å². The van der Waals surface area contributed by atoms with Crippen LogP contribution in [-0.2, 0) is 5.75 Å². The molecule has 4 heteroatoms. The first-order valence-corrected chi connectivity index (χ1v) is 8.36. The van der Waals surface area contributed by atoms with Crippen LogP contribution < -0.4 is 5.32 Å². The molecule has 116 valence electrons. The molecule has 2 aromatic carbocycles. The quantitative estimate of drug-likeness (QED) is 0.769. The maximum atomic E-state index is 12.0. The second-order valence-corrected chi connectivity index (χ2v) is 6.23. The van der Waals surface area contributed by atoms with E-state index in [1.165, 1.54) is 5.56 Å². The molecule has 1 atom stereocenters. The Labute approximate surface area is 135 Å². The van der Waals surface area contributed by atoms with Gasteiger partial charge in [-0.25, -0.2) is 0 Å². The molecule has 0 aliphatic heterocycles. The Morgan fingerprint density at radius 2 is 1.82 bits per heavy atom. The third-order valence-electron chi connectivity index (χ3n) is 3.30. The summed E-state index contributed by atoms with van der Waals surface area (Å²) in [6.45, 7) is 1.97. The van der Waals surface area contributed by atoms with Crippen molar-refractivity contribution in [3.05, 3.63) is 65.7 Å². The van der Waals surface area contributed by atoms with E-state index in [9.17, 15) is 4.79 Å². The summed E-state index contributed by atoms with van der Waals surface area (Å²) in [5, 5.41) is 11.7. The van der Waals surface area contributed by atoms with E-state index in [1.54, 1.807) is 11.8 Å². The first-order valence-electron chi connectivity index (χ1n) is 7.37. The van der Waals surface area contributed by atoms with Crippen LogP contribution in [0.25, 0.3) is 0 Å². The van der Waals surface area contributed by atoms with Crippen LogP contribution in [-0.4, -0.2) is 23.7 Å². The number of thioether (sulfide) groups is 1. The van der Waals surface area contributed by atoms with Gasteiger partial charge in [-0.15, -0.1) is 11.8 Å². The zero-order chi connectivity index (χ0) is 15.8. The van der Waals surface area contributed by atoms with Crippen LogP contribution >= 0.6 is 11.8 Å². The predicted molar refractivity (Wildman–Crippen MR) is 91.1 cm³/mol. The van der Waals surface area contributed by atoms with Crippen molar-refractivity contribution < 1.29 is 9.90 Å². The lowest BCUT2D eigenvalue weighted by Crippen LogP contribution is -2.33. The van der Waals surface area contributed by atoms with Crippen molar-refractivity contribution in [3.63, 3.8) is 0 Å². The lowest BCUT2D eigenvalue weighted by Gasteiger charge is -2.12. The van der Waals surface area contributed by atoms with Crippen LogP contribution in [0.3, 0.4) is 0 Å². The van der Waals surface area contributed by atoms with Gasteiger partial charge >= 0.3 is 0 Å². The molecule has 0 aromatic heterocycles. The SMILES string of the molecule is CC(CCO)NC(=O)c1ccc(SCc2ccccc2)cc1. The Morgan fingerprint density at radius 3 is 2.45 bits per heavy atom. The second kappa shape index (κ2) is 8.61. The maximum Gasteiger partial charge on any atom is 0.251 e. The summed E-state index contributed by atoms with van der Waals surface area (Å²) in [4.78, 5) is 13.2.